The first-order valence-corrected chi connectivity index (χ1v) is 7.83. The quantitative estimate of drug-likeness (QED) is 0.798. The molecule has 0 radical (unpaired) electrons. The SMILES string of the molecule is COc1cccc(CCNC(=O)C(=O)NCc2ccccc2C)c1. The molecule has 0 saturated carbocycles. The van der Waals surface area contributed by atoms with Crippen molar-refractivity contribution in [1.82, 2.24) is 10.6 Å². The van der Waals surface area contributed by atoms with Gasteiger partial charge in [0.15, 0.2) is 0 Å². The molecule has 0 aromatic heterocycles. The van der Waals surface area contributed by atoms with Gasteiger partial charge in [0.2, 0.25) is 0 Å². The van der Waals surface area contributed by atoms with Gasteiger partial charge in [-0.2, -0.15) is 0 Å². The van der Waals surface area contributed by atoms with Gasteiger partial charge in [0.25, 0.3) is 0 Å². The Balaban J connectivity index is 1.75. The van der Waals surface area contributed by atoms with Crippen LogP contribution in [0.1, 0.15) is 16.7 Å². The van der Waals surface area contributed by atoms with E-state index in [0.717, 1.165) is 22.4 Å². The van der Waals surface area contributed by atoms with E-state index in [1.807, 2.05) is 55.5 Å². The molecule has 2 aromatic carbocycles. The number of carbonyl (C=O) groups excluding carboxylic acids is 2. The van der Waals surface area contributed by atoms with Crippen molar-refractivity contribution >= 4 is 11.8 Å². The molecule has 2 N–H and O–H groups in total. The first-order valence-electron chi connectivity index (χ1n) is 7.83. The van der Waals surface area contributed by atoms with E-state index in [0.29, 0.717) is 19.5 Å². The van der Waals surface area contributed by atoms with Gasteiger partial charge in [-0.3, -0.25) is 9.59 Å². The van der Waals surface area contributed by atoms with E-state index < -0.39 is 11.8 Å². The van der Waals surface area contributed by atoms with Crippen LogP contribution in [0.5, 0.6) is 5.75 Å². The summed E-state index contributed by atoms with van der Waals surface area (Å²) in [5.74, 6) is -0.467. The Labute approximate surface area is 142 Å². The van der Waals surface area contributed by atoms with E-state index in [1.54, 1.807) is 7.11 Å². The normalized spacial score (nSPS) is 10.1. The molecule has 2 aromatic rings. The zero-order chi connectivity index (χ0) is 17.4. The summed E-state index contributed by atoms with van der Waals surface area (Å²) in [7, 11) is 1.61. The van der Waals surface area contributed by atoms with Gasteiger partial charge < -0.3 is 15.4 Å². The first kappa shape index (κ1) is 17.5. The maximum Gasteiger partial charge on any atom is 0.309 e. The van der Waals surface area contributed by atoms with Gasteiger partial charge in [0, 0.05) is 13.1 Å². The number of hydrogen-bond donors (Lipinski definition) is 2. The number of ether oxygens (including phenoxy) is 1. The zero-order valence-electron chi connectivity index (χ0n) is 14.0. The van der Waals surface area contributed by atoms with Crippen molar-refractivity contribution in [3.8, 4) is 5.75 Å². The minimum Gasteiger partial charge on any atom is -0.497 e. The highest BCUT2D eigenvalue weighted by Gasteiger charge is 2.12. The first-order chi connectivity index (χ1) is 11.6. The molecule has 24 heavy (non-hydrogen) atoms. The van der Waals surface area contributed by atoms with Crippen molar-refractivity contribution < 1.29 is 14.3 Å². The minimum atomic E-state index is -0.621. The fourth-order valence-corrected chi connectivity index (χ4v) is 2.29. The van der Waals surface area contributed by atoms with E-state index in [1.165, 1.54) is 0 Å². The van der Waals surface area contributed by atoms with Crippen LogP contribution >= 0.6 is 0 Å². The molecular formula is C19H22N2O3. The summed E-state index contributed by atoms with van der Waals surface area (Å²) < 4.78 is 5.15. The Hall–Kier alpha value is -2.82. The monoisotopic (exact) mass is 326 g/mol. The number of methoxy groups -OCH3 is 1. The van der Waals surface area contributed by atoms with Gasteiger partial charge >= 0.3 is 11.8 Å². The third kappa shape index (κ3) is 5.12. The van der Waals surface area contributed by atoms with E-state index in [9.17, 15) is 9.59 Å². The summed E-state index contributed by atoms with van der Waals surface area (Å²) in [6.45, 7) is 2.70. The number of rotatable bonds is 6. The van der Waals surface area contributed by atoms with E-state index in [-0.39, 0.29) is 0 Å². The van der Waals surface area contributed by atoms with Crippen LogP contribution in [0.15, 0.2) is 48.5 Å². The van der Waals surface area contributed by atoms with Crippen LogP contribution < -0.4 is 15.4 Å². The Morgan fingerprint density at radius 1 is 1.00 bits per heavy atom. The van der Waals surface area contributed by atoms with Crippen LogP contribution in [0.2, 0.25) is 0 Å². The molecule has 5 nitrogen and oxygen atoms in total. The highest BCUT2D eigenvalue weighted by atomic mass is 16.5. The minimum absolute atomic E-state index is 0.342. The number of amides is 2. The summed E-state index contributed by atoms with van der Waals surface area (Å²) in [4.78, 5) is 23.6. The van der Waals surface area contributed by atoms with Crippen LogP contribution in [0.3, 0.4) is 0 Å². The van der Waals surface area contributed by atoms with Crippen LogP contribution in [0.4, 0.5) is 0 Å². The van der Waals surface area contributed by atoms with Gasteiger partial charge in [-0.25, -0.2) is 0 Å². The lowest BCUT2D eigenvalue weighted by Gasteiger charge is -2.09. The van der Waals surface area contributed by atoms with Gasteiger partial charge in [-0.1, -0.05) is 36.4 Å². The molecule has 0 aliphatic rings. The van der Waals surface area contributed by atoms with Gasteiger partial charge in [0.05, 0.1) is 7.11 Å². The molecule has 0 heterocycles. The Morgan fingerprint density at radius 2 is 1.75 bits per heavy atom. The van der Waals surface area contributed by atoms with Crippen molar-refractivity contribution in [2.24, 2.45) is 0 Å². The van der Waals surface area contributed by atoms with Gasteiger partial charge in [-0.15, -0.1) is 0 Å². The van der Waals surface area contributed by atoms with Gasteiger partial charge in [0.1, 0.15) is 5.75 Å². The van der Waals surface area contributed by atoms with E-state index in [4.69, 9.17) is 4.74 Å². The second kappa shape index (κ2) is 8.72. The topological polar surface area (TPSA) is 67.4 Å². The second-order valence-corrected chi connectivity index (χ2v) is 5.47. The fraction of sp³-hybridized carbons (Fsp3) is 0.263. The van der Waals surface area contributed by atoms with Gasteiger partial charge in [-0.05, 0) is 42.2 Å². The molecule has 0 unspecified atom stereocenters. The third-order valence-electron chi connectivity index (χ3n) is 3.74. The molecule has 5 heteroatoms. The summed E-state index contributed by atoms with van der Waals surface area (Å²) in [5, 5.41) is 5.26. The maximum atomic E-state index is 11.8. The molecule has 0 aliphatic carbocycles. The van der Waals surface area contributed by atoms with Crippen LogP contribution in [-0.4, -0.2) is 25.5 Å². The van der Waals surface area contributed by atoms with E-state index in [2.05, 4.69) is 10.6 Å². The predicted octanol–water partition coefficient (Wildman–Crippen LogP) is 1.98. The van der Waals surface area contributed by atoms with Crippen molar-refractivity contribution in [3.63, 3.8) is 0 Å². The predicted molar refractivity (Wildman–Crippen MR) is 92.7 cm³/mol. The molecule has 0 bridgehead atoms. The zero-order valence-corrected chi connectivity index (χ0v) is 14.0. The summed E-state index contributed by atoms with van der Waals surface area (Å²) in [6, 6.07) is 15.4. The molecule has 2 amide bonds. The average molecular weight is 326 g/mol. The summed E-state index contributed by atoms with van der Waals surface area (Å²) in [6.07, 6.45) is 0.633. The maximum absolute atomic E-state index is 11.8. The van der Waals surface area contributed by atoms with Crippen molar-refractivity contribution in [2.75, 3.05) is 13.7 Å². The number of benzene rings is 2. The number of aryl methyl sites for hydroxylation is 1. The summed E-state index contributed by atoms with van der Waals surface area (Å²) in [5.41, 5.74) is 3.11. The number of hydrogen-bond acceptors (Lipinski definition) is 3. The van der Waals surface area contributed by atoms with Crippen LogP contribution in [0.25, 0.3) is 0 Å². The molecule has 2 rings (SSSR count). The van der Waals surface area contributed by atoms with Crippen molar-refractivity contribution in [3.05, 3.63) is 65.2 Å². The lowest BCUT2D eigenvalue weighted by atomic mass is 10.1. The lowest BCUT2D eigenvalue weighted by Crippen LogP contribution is -2.40. The largest absolute Gasteiger partial charge is 0.497 e. The fourth-order valence-electron chi connectivity index (χ4n) is 2.29. The Kier molecular flexibility index (Phi) is 6.37. The standard InChI is InChI=1S/C19H22N2O3/c1-14-6-3-4-8-16(14)13-21-19(23)18(22)20-11-10-15-7-5-9-17(12-15)24-2/h3-9,12H,10-11,13H2,1-2H3,(H,20,22)(H,21,23). The average Bonchev–Trinajstić information content (AvgIpc) is 2.61. The highest BCUT2D eigenvalue weighted by molar-refractivity contribution is 6.35. The Bertz CT molecular complexity index is 713. The molecule has 126 valence electrons. The molecule has 0 aliphatic heterocycles. The lowest BCUT2D eigenvalue weighted by molar-refractivity contribution is -0.139. The third-order valence-corrected chi connectivity index (χ3v) is 3.74. The van der Waals surface area contributed by atoms with E-state index >= 15 is 0 Å². The summed E-state index contributed by atoms with van der Waals surface area (Å²) >= 11 is 0. The van der Waals surface area contributed by atoms with Crippen molar-refractivity contribution in [1.29, 1.82) is 0 Å². The Morgan fingerprint density at radius 3 is 2.50 bits per heavy atom. The second-order valence-electron chi connectivity index (χ2n) is 5.47. The molecule has 0 saturated heterocycles. The highest BCUT2D eigenvalue weighted by Crippen LogP contribution is 2.12. The molecule has 0 atom stereocenters. The molecular weight excluding hydrogens is 304 g/mol. The van der Waals surface area contributed by atoms with Crippen LogP contribution in [0, 0.1) is 6.92 Å². The molecule has 0 fully saturated rings. The smallest absolute Gasteiger partial charge is 0.309 e. The number of carbonyl (C=O) groups is 2. The molecule has 0 spiro atoms. The van der Waals surface area contributed by atoms with Crippen LogP contribution in [-0.2, 0) is 22.6 Å². The number of nitrogens with one attached hydrogen (secondary N) is 2. The van der Waals surface area contributed by atoms with Crippen molar-refractivity contribution in [2.45, 2.75) is 19.9 Å².